The molecule has 0 atom stereocenters. The van der Waals surface area contributed by atoms with Gasteiger partial charge >= 0.3 is 0 Å². The predicted octanol–water partition coefficient (Wildman–Crippen LogP) is 2.74. The molecular weight excluding hydrogens is 242 g/mol. The van der Waals surface area contributed by atoms with Crippen LogP contribution in [0, 0.1) is 6.92 Å². The molecule has 2 aromatic rings. The van der Waals surface area contributed by atoms with Gasteiger partial charge in [0.25, 0.3) is 0 Å². The number of aryl methyl sites for hydroxylation is 3. The standard InChI is InChI=1S/C14H19N3S/c1-3-15-10-14-17-16-13(18-14)9-8-12-6-4-11(2)5-7-12/h4-7,15H,3,8-10H2,1-2H3. The van der Waals surface area contributed by atoms with Gasteiger partial charge in [0.15, 0.2) is 0 Å². The average Bonchev–Trinajstić information content (AvgIpc) is 2.84. The fourth-order valence-corrected chi connectivity index (χ4v) is 2.51. The van der Waals surface area contributed by atoms with Crippen LogP contribution in [0.2, 0.25) is 0 Å². The van der Waals surface area contributed by atoms with Crippen LogP contribution in [0.1, 0.15) is 28.1 Å². The van der Waals surface area contributed by atoms with Gasteiger partial charge in [0, 0.05) is 13.0 Å². The van der Waals surface area contributed by atoms with Gasteiger partial charge in [-0.15, -0.1) is 21.5 Å². The van der Waals surface area contributed by atoms with Crippen LogP contribution < -0.4 is 5.32 Å². The molecule has 0 radical (unpaired) electrons. The van der Waals surface area contributed by atoms with Crippen LogP contribution in [0.15, 0.2) is 24.3 Å². The van der Waals surface area contributed by atoms with Crippen molar-refractivity contribution in [1.82, 2.24) is 15.5 Å². The first-order chi connectivity index (χ1) is 8.78. The van der Waals surface area contributed by atoms with E-state index in [0.29, 0.717) is 0 Å². The maximum Gasteiger partial charge on any atom is 0.131 e. The molecule has 0 spiro atoms. The quantitative estimate of drug-likeness (QED) is 0.869. The van der Waals surface area contributed by atoms with E-state index in [2.05, 4.69) is 53.6 Å². The van der Waals surface area contributed by atoms with E-state index in [1.807, 2.05) is 0 Å². The lowest BCUT2D eigenvalue weighted by molar-refractivity contribution is 0.713. The Kier molecular flexibility index (Phi) is 4.84. The van der Waals surface area contributed by atoms with Gasteiger partial charge in [0.05, 0.1) is 0 Å². The highest BCUT2D eigenvalue weighted by Gasteiger charge is 2.04. The van der Waals surface area contributed by atoms with Gasteiger partial charge in [0.1, 0.15) is 10.0 Å². The second-order valence-electron chi connectivity index (χ2n) is 4.36. The average molecular weight is 261 g/mol. The van der Waals surface area contributed by atoms with Crippen molar-refractivity contribution in [3.05, 3.63) is 45.4 Å². The number of aromatic nitrogens is 2. The number of benzene rings is 1. The molecule has 1 aromatic carbocycles. The summed E-state index contributed by atoms with van der Waals surface area (Å²) in [5, 5.41) is 13.9. The molecule has 96 valence electrons. The lowest BCUT2D eigenvalue weighted by Crippen LogP contribution is -2.11. The van der Waals surface area contributed by atoms with Crippen molar-refractivity contribution in [2.45, 2.75) is 33.2 Å². The lowest BCUT2D eigenvalue weighted by atomic mass is 10.1. The van der Waals surface area contributed by atoms with Gasteiger partial charge in [0.2, 0.25) is 0 Å². The maximum absolute atomic E-state index is 4.23. The van der Waals surface area contributed by atoms with Gasteiger partial charge in [-0.1, -0.05) is 36.8 Å². The second-order valence-corrected chi connectivity index (χ2v) is 5.50. The van der Waals surface area contributed by atoms with Crippen LogP contribution in [-0.2, 0) is 19.4 Å². The Morgan fingerprint density at radius 1 is 1.06 bits per heavy atom. The third kappa shape index (κ3) is 3.89. The van der Waals surface area contributed by atoms with Crippen LogP contribution in [0.5, 0.6) is 0 Å². The van der Waals surface area contributed by atoms with Crippen molar-refractivity contribution >= 4 is 11.3 Å². The van der Waals surface area contributed by atoms with E-state index in [4.69, 9.17) is 0 Å². The molecule has 0 saturated carbocycles. The Balaban J connectivity index is 1.86. The summed E-state index contributed by atoms with van der Waals surface area (Å²) in [5.41, 5.74) is 2.67. The fraction of sp³-hybridized carbons (Fsp3) is 0.429. The number of nitrogens with zero attached hydrogens (tertiary/aromatic N) is 2. The van der Waals surface area contributed by atoms with Crippen LogP contribution in [0.25, 0.3) is 0 Å². The molecule has 0 unspecified atom stereocenters. The van der Waals surface area contributed by atoms with Crippen LogP contribution in [-0.4, -0.2) is 16.7 Å². The van der Waals surface area contributed by atoms with Crippen LogP contribution >= 0.6 is 11.3 Å². The zero-order valence-corrected chi connectivity index (χ0v) is 11.8. The predicted molar refractivity (Wildman–Crippen MR) is 75.9 cm³/mol. The Labute approximate surface area is 112 Å². The molecule has 0 aliphatic carbocycles. The molecule has 0 fully saturated rings. The first-order valence-corrected chi connectivity index (χ1v) is 7.17. The van der Waals surface area contributed by atoms with E-state index in [9.17, 15) is 0 Å². The minimum atomic E-state index is 0.832. The highest BCUT2D eigenvalue weighted by molar-refractivity contribution is 7.11. The minimum absolute atomic E-state index is 0.832. The molecular formula is C14H19N3S. The Bertz CT molecular complexity index is 476. The summed E-state index contributed by atoms with van der Waals surface area (Å²) >= 11 is 1.71. The van der Waals surface area contributed by atoms with Gasteiger partial charge in [-0.25, -0.2) is 0 Å². The van der Waals surface area contributed by atoms with Crippen molar-refractivity contribution in [2.75, 3.05) is 6.54 Å². The Morgan fingerprint density at radius 2 is 1.78 bits per heavy atom. The van der Waals surface area contributed by atoms with Crippen molar-refractivity contribution in [1.29, 1.82) is 0 Å². The van der Waals surface area contributed by atoms with E-state index in [0.717, 1.165) is 35.9 Å². The molecule has 1 aromatic heterocycles. The number of hydrogen-bond donors (Lipinski definition) is 1. The van der Waals surface area contributed by atoms with E-state index in [-0.39, 0.29) is 0 Å². The van der Waals surface area contributed by atoms with Gasteiger partial charge in [-0.2, -0.15) is 0 Å². The summed E-state index contributed by atoms with van der Waals surface area (Å²) in [7, 11) is 0. The highest BCUT2D eigenvalue weighted by atomic mass is 32.1. The maximum atomic E-state index is 4.23. The highest BCUT2D eigenvalue weighted by Crippen LogP contribution is 2.13. The largest absolute Gasteiger partial charge is 0.311 e. The van der Waals surface area contributed by atoms with Crippen molar-refractivity contribution in [3.63, 3.8) is 0 Å². The van der Waals surface area contributed by atoms with Crippen molar-refractivity contribution in [2.24, 2.45) is 0 Å². The lowest BCUT2D eigenvalue weighted by Gasteiger charge is -1.99. The Hall–Kier alpha value is -1.26. The van der Waals surface area contributed by atoms with Gasteiger partial charge in [-0.05, 0) is 25.5 Å². The smallest absolute Gasteiger partial charge is 0.131 e. The molecule has 2 rings (SSSR count). The molecule has 18 heavy (non-hydrogen) atoms. The molecule has 1 N–H and O–H groups in total. The summed E-state index contributed by atoms with van der Waals surface area (Å²) in [6.07, 6.45) is 2.02. The normalized spacial score (nSPS) is 10.8. The molecule has 0 saturated heterocycles. The molecule has 0 aliphatic heterocycles. The molecule has 0 bridgehead atoms. The third-order valence-electron chi connectivity index (χ3n) is 2.78. The zero-order valence-electron chi connectivity index (χ0n) is 10.9. The summed E-state index contributed by atoms with van der Waals surface area (Å²) in [4.78, 5) is 0. The zero-order chi connectivity index (χ0) is 12.8. The van der Waals surface area contributed by atoms with E-state index in [1.54, 1.807) is 11.3 Å². The van der Waals surface area contributed by atoms with Crippen LogP contribution in [0.3, 0.4) is 0 Å². The van der Waals surface area contributed by atoms with Gasteiger partial charge < -0.3 is 5.32 Å². The SMILES string of the molecule is CCNCc1nnc(CCc2ccc(C)cc2)s1. The fourth-order valence-electron chi connectivity index (χ4n) is 1.70. The summed E-state index contributed by atoms with van der Waals surface area (Å²) in [5.74, 6) is 0. The molecule has 1 heterocycles. The van der Waals surface area contributed by atoms with Gasteiger partial charge in [-0.3, -0.25) is 0 Å². The van der Waals surface area contributed by atoms with Crippen LogP contribution in [0.4, 0.5) is 0 Å². The minimum Gasteiger partial charge on any atom is -0.311 e. The number of hydrogen-bond acceptors (Lipinski definition) is 4. The summed E-state index contributed by atoms with van der Waals surface area (Å²) < 4.78 is 0. The van der Waals surface area contributed by atoms with E-state index in [1.165, 1.54) is 11.1 Å². The van der Waals surface area contributed by atoms with Crippen molar-refractivity contribution in [3.8, 4) is 0 Å². The number of nitrogens with one attached hydrogen (secondary N) is 1. The second kappa shape index (κ2) is 6.61. The first kappa shape index (κ1) is 13.2. The van der Waals surface area contributed by atoms with E-state index >= 15 is 0 Å². The third-order valence-corrected chi connectivity index (χ3v) is 3.77. The monoisotopic (exact) mass is 261 g/mol. The molecule has 4 heteroatoms. The topological polar surface area (TPSA) is 37.8 Å². The molecule has 3 nitrogen and oxygen atoms in total. The number of rotatable bonds is 6. The Morgan fingerprint density at radius 3 is 2.50 bits per heavy atom. The summed E-state index contributed by atoms with van der Waals surface area (Å²) in [6, 6.07) is 8.70. The first-order valence-electron chi connectivity index (χ1n) is 6.35. The molecule has 0 amide bonds. The van der Waals surface area contributed by atoms with E-state index < -0.39 is 0 Å². The molecule has 0 aliphatic rings. The summed E-state index contributed by atoms with van der Waals surface area (Å²) in [6.45, 7) is 6.01. The van der Waals surface area contributed by atoms with Crippen molar-refractivity contribution < 1.29 is 0 Å².